The molecule has 0 amide bonds. The lowest BCUT2D eigenvalue weighted by atomic mass is 10.0. The first-order valence-electron chi connectivity index (χ1n) is 15.8. The van der Waals surface area contributed by atoms with Crippen LogP contribution >= 0.6 is 0 Å². The molecule has 0 N–H and O–H groups in total. The third kappa shape index (κ3) is 3.90. The van der Waals surface area contributed by atoms with Gasteiger partial charge in [-0.15, -0.1) is 0 Å². The summed E-state index contributed by atoms with van der Waals surface area (Å²) in [6.07, 6.45) is 1.68. The Morgan fingerprint density at radius 1 is 0.404 bits per heavy atom. The van der Waals surface area contributed by atoms with Crippen LogP contribution in [0.1, 0.15) is 0 Å². The van der Waals surface area contributed by atoms with Crippen molar-refractivity contribution in [3.8, 4) is 34.0 Å². The van der Waals surface area contributed by atoms with Crippen LogP contribution in [0.2, 0.25) is 0 Å². The van der Waals surface area contributed by atoms with Crippen molar-refractivity contribution >= 4 is 54.7 Å². The molecule has 0 atom stereocenters. The molecule has 4 aromatic heterocycles. The molecule has 10 aromatic rings. The summed E-state index contributed by atoms with van der Waals surface area (Å²) in [6.45, 7) is 0. The largest absolute Gasteiger partial charge is 0.446 e. The molecule has 0 aliphatic carbocycles. The highest BCUT2D eigenvalue weighted by atomic mass is 16.3. The Bertz CT molecular complexity index is 2790. The lowest BCUT2D eigenvalue weighted by Crippen LogP contribution is -2.02. The molecule has 0 radical (unpaired) electrons. The molecule has 5 nitrogen and oxygen atoms in total. The van der Waals surface area contributed by atoms with Crippen molar-refractivity contribution in [2.24, 2.45) is 0 Å². The topological polar surface area (TPSA) is 48.8 Å². The van der Waals surface area contributed by atoms with Gasteiger partial charge in [0.05, 0.1) is 39.4 Å². The third-order valence-electron chi connectivity index (χ3n) is 9.25. The van der Waals surface area contributed by atoms with E-state index in [2.05, 4.69) is 137 Å². The second kappa shape index (κ2) is 10.0. The maximum atomic E-state index is 5.85. The van der Waals surface area contributed by atoms with E-state index in [1.807, 2.05) is 24.3 Å². The van der Waals surface area contributed by atoms with E-state index in [1.54, 1.807) is 6.26 Å². The first kappa shape index (κ1) is 25.8. The van der Waals surface area contributed by atoms with E-state index in [-0.39, 0.29) is 0 Å². The van der Waals surface area contributed by atoms with Crippen LogP contribution in [0, 0.1) is 0 Å². The predicted octanol–water partition coefficient (Wildman–Crippen LogP) is 10.8. The second-order valence-electron chi connectivity index (χ2n) is 11.9. The van der Waals surface area contributed by atoms with Crippen molar-refractivity contribution < 1.29 is 4.42 Å². The zero-order valence-electron chi connectivity index (χ0n) is 25.2. The van der Waals surface area contributed by atoms with Crippen molar-refractivity contribution in [3.05, 3.63) is 158 Å². The van der Waals surface area contributed by atoms with Gasteiger partial charge in [0.15, 0.2) is 0 Å². The third-order valence-corrected chi connectivity index (χ3v) is 9.25. The van der Waals surface area contributed by atoms with Crippen molar-refractivity contribution in [1.29, 1.82) is 0 Å². The Balaban J connectivity index is 1.18. The quantitative estimate of drug-likeness (QED) is 0.201. The van der Waals surface area contributed by atoms with Crippen LogP contribution in [0.5, 0.6) is 0 Å². The van der Waals surface area contributed by atoms with Gasteiger partial charge in [-0.3, -0.25) is 4.57 Å². The van der Waals surface area contributed by atoms with Crippen molar-refractivity contribution in [2.75, 3.05) is 0 Å². The van der Waals surface area contributed by atoms with Gasteiger partial charge in [-0.1, -0.05) is 97.1 Å². The summed E-state index contributed by atoms with van der Waals surface area (Å²) >= 11 is 0. The fraction of sp³-hybridized carbons (Fsp3) is 0. The normalized spacial score (nSPS) is 11.8. The summed E-state index contributed by atoms with van der Waals surface area (Å²) < 4.78 is 10.4. The highest BCUT2D eigenvalue weighted by molar-refractivity contribution is 6.12. The van der Waals surface area contributed by atoms with Crippen LogP contribution < -0.4 is 0 Å². The van der Waals surface area contributed by atoms with E-state index < -0.39 is 0 Å². The number of nitrogens with zero attached hydrogens (tertiary/aromatic N) is 4. The van der Waals surface area contributed by atoms with Gasteiger partial charge in [-0.05, 0) is 65.7 Å². The molecule has 0 saturated heterocycles. The monoisotopic (exact) mass is 602 g/mol. The fourth-order valence-electron chi connectivity index (χ4n) is 7.14. The highest BCUT2D eigenvalue weighted by Crippen LogP contribution is 2.38. The predicted molar refractivity (Wildman–Crippen MR) is 191 cm³/mol. The highest BCUT2D eigenvalue weighted by Gasteiger charge is 2.19. The molecule has 5 heteroatoms. The number of benzene rings is 6. The molecule has 0 aliphatic rings. The number of rotatable bonds is 4. The molecule has 0 fully saturated rings. The zero-order valence-corrected chi connectivity index (χ0v) is 25.2. The van der Waals surface area contributed by atoms with Gasteiger partial charge >= 0.3 is 0 Å². The molecule has 4 heterocycles. The lowest BCUT2D eigenvalue weighted by molar-refractivity contribution is 0.601. The Morgan fingerprint density at radius 2 is 0.957 bits per heavy atom. The maximum Gasteiger partial charge on any atom is 0.238 e. The average Bonchev–Trinajstić information content (AvgIpc) is 3.84. The minimum atomic E-state index is 0.569. The SMILES string of the molecule is c1ccc(-c2nc(-n3c4ccccc4c4cc(-c5ccc6c(c5)c5ccccc5n6-c5ccccc5)ccc43)nc3occc23)cc1. The van der Waals surface area contributed by atoms with Gasteiger partial charge in [-0.2, -0.15) is 4.98 Å². The number of para-hydroxylation sites is 3. The lowest BCUT2D eigenvalue weighted by Gasteiger charge is -2.10. The summed E-state index contributed by atoms with van der Waals surface area (Å²) in [7, 11) is 0. The van der Waals surface area contributed by atoms with Crippen LogP contribution in [-0.4, -0.2) is 19.1 Å². The fourth-order valence-corrected chi connectivity index (χ4v) is 7.14. The van der Waals surface area contributed by atoms with E-state index in [0.29, 0.717) is 11.7 Å². The summed E-state index contributed by atoms with van der Waals surface area (Å²) in [4.78, 5) is 10.1. The average molecular weight is 603 g/mol. The molecule has 47 heavy (non-hydrogen) atoms. The molecule has 220 valence electrons. The molecule has 0 saturated carbocycles. The first-order valence-corrected chi connectivity index (χ1v) is 15.8. The van der Waals surface area contributed by atoms with Crippen LogP contribution in [0.3, 0.4) is 0 Å². The molecule has 0 unspecified atom stereocenters. The van der Waals surface area contributed by atoms with Crippen molar-refractivity contribution in [1.82, 2.24) is 19.1 Å². The number of hydrogen-bond donors (Lipinski definition) is 0. The van der Waals surface area contributed by atoms with Gasteiger partial charge in [-0.25, -0.2) is 4.98 Å². The summed E-state index contributed by atoms with van der Waals surface area (Å²) in [6, 6.07) is 53.4. The van der Waals surface area contributed by atoms with Crippen LogP contribution in [0.15, 0.2) is 162 Å². The van der Waals surface area contributed by atoms with Gasteiger partial charge in [0.25, 0.3) is 0 Å². The van der Waals surface area contributed by atoms with Gasteiger partial charge < -0.3 is 8.98 Å². The summed E-state index contributed by atoms with van der Waals surface area (Å²) in [5.74, 6) is 0.584. The molecular formula is C42H26N4O. The summed E-state index contributed by atoms with van der Waals surface area (Å²) in [5, 5.41) is 5.67. The Labute approximate surface area is 269 Å². The van der Waals surface area contributed by atoms with Gasteiger partial charge in [0.2, 0.25) is 11.7 Å². The molecule has 6 aromatic carbocycles. The van der Waals surface area contributed by atoms with Crippen LogP contribution in [0.4, 0.5) is 0 Å². The zero-order chi connectivity index (χ0) is 30.9. The minimum absolute atomic E-state index is 0.569. The van der Waals surface area contributed by atoms with E-state index in [0.717, 1.165) is 49.7 Å². The van der Waals surface area contributed by atoms with E-state index in [4.69, 9.17) is 14.4 Å². The molecular weight excluding hydrogens is 576 g/mol. The number of furan rings is 1. The van der Waals surface area contributed by atoms with E-state index in [9.17, 15) is 0 Å². The maximum absolute atomic E-state index is 5.85. The van der Waals surface area contributed by atoms with Crippen LogP contribution in [-0.2, 0) is 0 Å². The molecule has 10 rings (SSSR count). The van der Waals surface area contributed by atoms with Gasteiger partial charge in [0, 0.05) is 32.8 Å². The minimum Gasteiger partial charge on any atom is -0.446 e. The molecule has 0 spiro atoms. The van der Waals surface area contributed by atoms with E-state index >= 15 is 0 Å². The Morgan fingerprint density at radius 3 is 1.64 bits per heavy atom. The first-order chi connectivity index (χ1) is 23.3. The number of fused-ring (bicyclic) bond motifs is 7. The van der Waals surface area contributed by atoms with E-state index in [1.165, 1.54) is 27.4 Å². The van der Waals surface area contributed by atoms with Gasteiger partial charge in [0.1, 0.15) is 0 Å². The smallest absolute Gasteiger partial charge is 0.238 e. The Hall–Kier alpha value is -6.46. The van der Waals surface area contributed by atoms with Crippen molar-refractivity contribution in [2.45, 2.75) is 0 Å². The van der Waals surface area contributed by atoms with Crippen molar-refractivity contribution in [3.63, 3.8) is 0 Å². The molecule has 0 aliphatic heterocycles. The number of aromatic nitrogens is 4. The van der Waals surface area contributed by atoms with Crippen LogP contribution in [0.25, 0.3) is 88.7 Å². The molecule has 0 bridgehead atoms. The summed E-state index contributed by atoms with van der Waals surface area (Å²) in [5.41, 5.74) is 10.4. The second-order valence-corrected chi connectivity index (χ2v) is 11.9. The number of hydrogen-bond acceptors (Lipinski definition) is 3. The Kier molecular flexibility index (Phi) is 5.51. The standard InChI is InChI=1S/C42H26N4O/c1-3-11-27(12-4-1)40-33-23-24-47-41(33)44-42(43-40)46-37-18-10-8-16-32(37)35-26-29(20-22-39(35)46)28-19-21-38-34(25-28)31-15-7-9-17-36(31)45(38)30-13-5-2-6-14-30/h1-26H.